The highest BCUT2D eigenvalue weighted by Crippen LogP contribution is 2.31. The average Bonchev–Trinajstić information content (AvgIpc) is 2.87. The molecule has 86 valence electrons. The van der Waals surface area contributed by atoms with Crippen molar-refractivity contribution < 1.29 is 14.7 Å². The molecule has 0 aliphatic carbocycles. The van der Waals surface area contributed by atoms with Gasteiger partial charge < -0.3 is 15.0 Å². The summed E-state index contributed by atoms with van der Waals surface area (Å²) in [6.07, 6.45) is 3.21. The molecule has 1 saturated heterocycles. The van der Waals surface area contributed by atoms with Crippen LogP contribution in [0.3, 0.4) is 0 Å². The lowest BCUT2D eigenvalue weighted by Gasteiger charge is -2.23. The monoisotopic (exact) mass is 222 g/mol. The van der Waals surface area contributed by atoms with Gasteiger partial charge >= 0.3 is 5.97 Å². The molecule has 1 fully saturated rings. The fourth-order valence-electron chi connectivity index (χ4n) is 2.17. The van der Waals surface area contributed by atoms with Gasteiger partial charge in [-0.15, -0.1) is 0 Å². The van der Waals surface area contributed by atoms with E-state index in [0.29, 0.717) is 6.54 Å². The number of hydrogen-bond acceptors (Lipinski definition) is 2. The lowest BCUT2D eigenvalue weighted by atomic mass is 10.1. The van der Waals surface area contributed by atoms with Crippen molar-refractivity contribution in [3.05, 3.63) is 24.0 Å². The maximum atomic E-state index is 11.7. The van der Waals surface area contributed by atoms with Crippen LogP contribution in [0.4, 0.5) is 0 Å². The number of amides is 1. The van der Waals surface area contributed by atoms with E-state index in [9.17, 15) is 9.59 Å². The number of aromatic amines is 1. The number of carboxylic acid groups (broad SMARTS) is 1. The second-order valence-corrected chi connectivity index (χ2v) is 3.94. The van der Waals surface area contributed by atoms with Crippen molar-refractivity contribution in [1.29, 1.82) is 0 Å². The van der Waals surface area contributed by atoms with Crippen LogP contribution in [0.15, 0.2) is 18.3 Å². The smallest absolute Gasteiger partial charge is 0.312 e. The maximum Gasteiger partial charge on any atom is 0.312 e. The van der Waals surface area contributed by atoms with E-state index in [1.165, 1.54) is 0 Å². The second kappa shape index (κ2) is 4.38. The van der Waals surface area contributed by atoms with Crippen LogP contribution in [-0.2, 0) is 9.59 Å². The summed E-state index contributed by atoms with van der Waals surface area (Å²) < 4.78 is 0. The summed E-state index contributed by atoms with van der Waals surface area (Å²) in [5.41, 5.74) is 0.983. The minimum absolute atomic E-state index is 0.0156. The van der Waals surface area contributed by atoms with Gasteiger partial charge in [-0.1, -0.05) is 0 Å². The highest BCUT2D eigenvalue weighted by atomic mass is 16.4. The molecular weight excluding hydrogens is 208 g/mol. The van der Waals surface area contributed by atoms with Gasteiger partial charge in [-0.2, -0.15) is 0 Å². The Hall–Kier alpha value is -1.78. The number of H-pyrrole nitrogens is 1. The molecule has 16 heavy (non-hydrogen) atoms. The third-order valence-electron chi connectivity index (χ3n) is 2.86. The molecule has 2 N–H and O–H groups in total. The minimum atomic E-state index is -1.07. The maximum absolute atomic E-state index is 11.7. The molecule has 1 amide bonds. The van der Waals surface area contributed by atoms with Gasteiger partial charge in [0.15, 0.2) is 0 Å². The molecular formula is C11H14N2O3. The van der Waals surface area contributed by atoms with E-state index in [-0.39, 0.29) is 11.9 Å². The molecule has 5 nitrogen and oxygen atoms in total. The Labute approximate surface area is 93.1 Å². The molecule has 0 radical (unpaired) electrons. The fraction of sp³-hybridized carbons (Fsp3) is 0.455. The minimum Gasteiger partial charge on any atom is -0.481 e. The van der Waals surface area contributed by atoms with Crippen molar-refractivity contribution in [3.63, 3.8) is 0 Å². The number of carbonyl (C=O) groups excluding carboxylic acids is 1. The molecule has 0 bridgehead atoms. The van der Waals surface area contributed by atoms with E-state index >= 15 is 0 Å². The molecule has 2 heterocycles. The highest BCUT2D eigenvalue weighted by Gasteiger charge is 2.31. The van der Waals surface area contributed by atoms with Crippen LogP contribution in [0.5, 0.6) is 0 Å². The molecule has 0 spiro atoms. The van der Waals surface area contributed by atoms with Gasteiger partial charge in [-0.05, 0) is 25.0 Å². The first-order valence-electron chi connectivity index (χ1n) is 5.33. The number of aliphatic carboxylic acids is 1. The molecule has 5 heteroatoms. The number of aromatic nitrogens is 1. The number of carboxylic acids is 1. The molecule has 1 atom stereocenters. The molecule has 1 aromatic heterocycles. The number of nitrogens with zero attached hydrogens (tertiary/aromatic N) is 1. The van der Waals surface area contributed by atoms with E-state index in [4.69, 9.17) is 5.11 Å². The Kier molecular flexibility index (Phi) is 2.94. The molecule has 1 aliphatic heterocycles. The normalized spacial score (nSPS) is 20.0. The Morgan fingerprint density at radius 3 is 3.00 bits per heavy atom. The summed E-state index contributed by atoms with van der Waals surface area (Å²) in [7, 11) is 0. The number of likely N-dealkylation sites (tertiary alicyclic amines) is 1. The number of hydrogen-bond donors (Lipinski definition) is 2. The van der Waals surface area contributed by atoms with E-state index in [0.717, 1.165) is 18.5 Å². The van der Waals surface area contributed by atoms with Crippen LogP contribution in [-0.4, -0.2) is 33.4 Å². The lowest BCUT2D eigenvalue weighted by molar-refractivity contribution is -0.144. The van der Waals surface area contributed by atoms with Gasteiger partial charge in [0, 0.05) is 18.4 Å². The zero-order valence-corrected chi connectivity index (χ0v) is 8.85. The van der Waals surface area contributed by atoms with Crippen LogP contribution >= 0.6 is 0 Å². The Morgan fingerprint density at radius 1 is 1.56 bits per heavy atom. The summed E-state index contributed by atoms with van der Waals surface area (Å²) >= 11 is 0. The third-order valence-corrected chi connectivity index (χ3v) is 2.86. The summed E-state index contributed by atoms with van der Waals surface area (Å²) in [4.78, 5) is 26.9. The van der Waals surface area contributed by atoms with Gasteiger partial charge in [-0.3, -0.25) is 9.59 Å². The van der Waals surface area contributed by atoms with Crippen molar-refractivity contribution >= 4 is 11.9 Å². The Bertz CT molecular complexity index is 386. The quantitative estimate of drug-likeness (QED) is 0.753. The molecule has 1 unspecified atom stereocenters. The van der Waals surface area contributed by atoms with Gasteiger partial charge in [-0.25, -0.2) is 0 Å². The number of nitrogens with one attached hydrogen (secondary N) is 1. The van der Waals surface area contributed by atoms with Crippen molar-refractivity contribution in [3.8, 4) is 0 Å². The lowest BCUT2D eigenvalue weighted by Crippen LogP contribution is -2.32. The standard InChI is InChI=1S/C11H14N2O3/c14-10(7-11(15)16)13-6-2-4-9(13)8-3-1-5-12-8/h1,3,5,9,12H,2,4,6-7H2,(H,15,16). The van der Waals surface area contributed by atoms with Crippen LogP contribution in [0, 0.1) is 0 Å². The van der Waals surface area contributed by atoms with Crippen LogP contribution in [0.1, 0.15) is 31.0 Å². The predicted molar refractivity (Wildman–Crippen MR) is 56.7 cm³/mol. The topological polar surface area (TPSA) is 73.4 Å². The van der Waals surface area contributed by atoms with Crippen molar-refractivity contribution in [1.82, 2.24) is 9.88 Å². The Balaban J connectivity index is 2.09. The number of carbonyl (C=O) groups is 2. The third kappa shape index (κ3) is 2.08. The number of rotatable bonds is 3. The predicted octanol–water partition coefficient (Wildman–Crippen LogP) is 1.15. The summed E-state index contributed by atoms with van der Waals surface area (Å²) in [5, 5.41) is 8.61. The van der Waals surface area contributed by atoms with E-state index in [2.05, 4.69) is 4.98 Å². The van der Waals surface area contributed by atoms with Crippen LogP contribution in [0.25, 0.3) is 0 Å². The van der Waals surface area contributed by atoms with Gasteiger partial charge in [0.1, 0.15) is 6.42 Å². The SMILES string of the molecule is O=C(O)CC(=O)N1CCCC1c1ccc[nH]1. The van der Waals surface area contributed by atoms with E-state index in [1.807, 2.05) is 18.3 Å². The van der Waals surface area contributed by atoms with Crippen molar-refractivity contribution in [2.75, 3.05) is 6.54 Å². The molecule has 0 saturated carbocycles. The molecule has 1 aromatic rings. The van der Waals surface area contributed by atoms with Gasteiger partial charge in [0.25, 0.3) is 0 Å². The largest absolute Gasteiger partial charge is 0.481 e. The molecule has 2 rings (SSSR count). The van der Waals surface area contributed by atoms with Crippen molar-refractivity contribution in [2.24, 2.45) is 0 Å². The first-order chi connectivity index (χ1) is 7.68. The zero-order chi connectivity index (χ0) is 11.5. The first-order valence-corrected chi connectivity index (χ1v) is 5.33. The molecule has 1 aliphatic rings. The average molecular weight is 222 g/mol. The van der Waals surface area contributed by atoms with E-state index in [1.54, 1.807) is 4.90 Å². The summed E-state index contributed by atoms with van der Waals surface area (Å²) in [5.74, 6) is -1.37. The van der Waals surface area contributed by atoms with Crippen LogP contribution in [0.2, 0.25) is 0 Å². The summed E-state index contributed by atoms with van der Waals surface area (Å²) in [6, 6.07) is 3.83. The van der Waals surface area contributed by atoms with Crippen LogP contribution < -0.4 is 0 Å². The zero-order valence-electron chi connectivity index (χ0n) is 8.85. The second-order valence-electron chi connectivity index (χ2n) is 3.94. The van der Waals surface area contributed by atoms with Crippen molar-refractivity contribution in [2.45, 2.75) is 25.3 Å². The van der Waals surface area contributed by atoms with Gasteiger partial charge in [0.2, 0.25) is 5.91 Å². The Morgan fingerprint density at radius 2 is 2.38 bits per heavy atom. The first kappa shape index (κ1) is 10.7. The van der Waals surface area contributed by atoms with E-state index < -0.39 is 12.4 Å². The highest BCUT2D eigenvalue weighted by molar-refractivity contribution is 5.93. The fourth-order valence-corrected chi connectivity index (χ4v) is 2.17. The van der Waals surface area contributed by atoms with Gasteiger partial charge in [0.05, 0.1) is 6.04 Å². The molecule has 0 aromatic carbocycles. The summed E-state index contributed by atoms with van der Waals surface area (Å²) in [6.45, 7) is 0.649.